The van der Waals surface area contributed by atoms with E-state index >= 15 is 0 Å². The zero-order valence-corrected chi connectivity index (χ0v) is 10.9. The third-order valence-electron chi connectivity index (χ3n) is 2.87. The summed E-state index contributed by atoms with van der Waals surface area (Å²) in [6.07, 6.45) is 0. The van der Waals surface area contributed by atoms with E-state index in [1.54, 1.807) is 13.0 Å². The standard InChI is InChI=1S/C15H14F3NO/c1-9(19)10-2-5-15(14(18)7-10)20-8-11-6-12(16)3-4-13(11)17/h2-7,9H,8,19H2,1H3/t9-/m1/s1. The van der Waals surface area contributed by atoms with Crippen LogP contribution in [0.15, 0.2) is 36.4 Å². The smallest absolute Gasteiger partial charge is 0.165 e. The van der Waals surface area contributed by atoms with Crippen LogP contribution in [-0.2, 0) is 6.61 Å². The van der Waals surface area contributed by atoms with Gasteiger partial charge in [-0.1, -0.05) is 6.07 Å². The number of hydrogen-bond acceptors (Lipinski definition) is 2. The highest BCUT2D eigenvalue weighted by molar-refractivity contribution is 5.31. The van der Waals surface area contributed by atoms with Crippen LogP contribution in [0.3, 0.4) is 0 Å². The van der Waals surface area contributed by atoms with Gasteiger partial charge < -0.3 is 10.5 Å². The molecule has 0 aliphatic carbocycles. The maximum Gasteiger partial charge on any atom is 0.165 e. The van der Waals surface area contributed by atoms with Crippen molar-refractivity contribution in [2.45, 2.75) is 19.6 Å². The Hall–Kier alpha value is -2.01. The molecule has 2 nitrogen and oxygen atoms in total. The van der Waals surface area contributed by atoms with E-state index in [9.17, 15) is 13.2 Å². The van der Waals surface area contributed by atoms with Crippen molar-refractivity contribution in [3.8, 4) is 5.75 Å². The van der Waals surface area contributed by atoms with Crippen molar-refractivity contribution in [2.24, 2.45) is 5.73 Å². The lowest BCUT2D eigenvalue weighted by molar-refractivity contribution is 0.284. The van der Waals surface area contributed by atoms with Gasteiger partial charge in [-0.2, -0.15) is 0 Å². The van der Waals surface area contributed by atoms with Crippen molar-refractivity contribution in [3.05, 3.63) is 65.0 Å². The zero-order valence-electron chi connectivity index (χ0n) is 10.9. The lowest BCUT2D eigenvalue weighted by Gasteiger charge is -2.11. The third kappa shape index (κ3) is 3.30. The first-order chi connectivity index (χ1) is 9.47. The second-order valence-electron chi connectivity index (χ2n) is 4.50. The van der Waals surface area contributed by atoms with Gasteiger partial charge in [-0.05, 0) is 42.8 Å². The minimum Gasteiger partial charge on any atom is -0.486 e. The Morgan fingerprint density at radius 1 is 1.05 bits per heavy atom. The Morgan fingerprint density at radius 2 is 1.80 bits per heavy atom. The van der Waals surface area contributed by atoms with E-state index in [0.717, 1.165) is 18.2 Å². The van der Waals surface area contributed by atoms with E-state index in [-0.39, 0.29) is 24.0 Å². The van der Waals surface area contributed by atoms with Gasteiger partial charge in [0.15, 0.2) is 11.6 Å². The first-order valence-electron chi connectivity index (χ1n) is 6.09. The van der Waals surface area contributed by atoms with Crippen LogP contribution < -0.4 is 10.5 Å². The van der Waals surface area contributed by atoms with Gasteiger partial charge in [0.2, 0.25) is 0 Å². The molecule has 0 saturated heterocycles. The van der Waals surface area contributed by atoms with Crippen LogP contribution >= 0.6 is 0 Å². The average molecular weight is 281 g/mol. The normalized spacial score (nSPS) is 12.2. The summed E-state index contributed by atoms with van der Waals surface area (Å²) in [5, 5.41) is 0. The van der Waals surface area contributed by atoms with Crippen LogP contribution in [0.1, 0.15) is 24.1 Å². The summed E-state index contributed by atoms with van der Waals surface area (Å²) in [6.45, 7) is 1.48. The molecule has 0 aliphatic rings. The molecule has 2 rings (SSSR count). The molecule has 0 bridgehead atoms. The van der Waals surface area contributed by atoms with Crippen LogP contribution in [0.5, 0.6) is 5.75 Å². The molecule has 1 atom stereocenters. The number of hydrogen-bond donors (Lipinski definition) is 1. The molecule has 2 aromatic rings. The number of ether oxygens (including phenoxy) is 1. The molecule has 0 aromatic heterocycles. The molecule has 20 heavy (non-hydrogen) atoms. The van der Waals surface area contributed by atoms with E-state index in [4.69, 9.17) is 10.5 Å². The maximum absolute atomic E-state index is 13.7. The van der Waals surface area contributed by atoms with Crippen molar-refractivity contribution in [1.29, 1.82) is 0 Å². The zero-order chi connectivity index (χ0) is 14.7. The quantitative estimate of drug-likeness (QED) is 0.927. The Kier molecular flexibility index (Phi) is 4.29. The first kappa shape index (κ1) is 14.4. The highest BCUT2D eigenvalue weighted by atomic mass is 19.1. The van der Waals surface area contributed by atoms with Gasteiger partial charge in [-0.15, -0.1) is 0 Å². The second-order valence-corrected chi connectivity index (χ2v) is 4.50. The predicted octanol–water partition coefficient (Wildman–Crippen LogP) is 3.70. The van der Waals surface area contributed by atoms with Gasteiger partial charge in [0.1, 0.15) is 18.2 Å². The summed E-state index contributed by atoms with van der Waals surface area (Å²) in [4.78, 5) is 0. The number of benzene rings is 2. The van der Waals surface area contributed by atoms with Crippen molar-refractivity contribution >= 4 is 0 Å². The number of halogens is 3. The molecule has 2 N–H and O–H groups in total. The van der Waals surface area contributed by atoms with Gasteiger partial charge in [0.25, 0.3) is 0 Å². The highest BCUT2D eigenvalue weighted by Gasteiger charge is 2.09. The van der Waals surface area contributed by atoms with Crippen LogP contribution in [0.2, 0.25) is 0 Å². The third-order valence-corrected chi connectivity index (χ3v) is 2.87. The molecule has 0 heterocycles. The fourth-order valence-electron chi connectivity index (χ4n) is 1.73. The summed E-state index contributed by atoms with van der Waals surface area (Å²) < 4.78 is 45.3. The largest absolute Gasteiger partial charge is 0.486 e. The van der Waals surface area contributed by atoms with Gasteiger partial charge >= 0.3 is 0 Å². The summed E-state index contributed by atoms with van der Waals surface area (Å²) >= 11 is 0. The van der Waals surface area contributed by atoms with E-state index in [0.29, 0.717) is 5.56 Å². The molecular formula is C15H14F3NO. The molecule has 0 radical (unpaired) electrons. The number of nitrogens with two attached hydrogens (primary N) is 1. The van der Waals surface area contributed by atoms with Gasteiger partial charge in [0, 0.05) is 11.6 Å². The predicted molar refractivity (Wildman–Crippen MR) is 69.7 cm³/mol. The second kappa shape index (κ2) is 5.96. The van der Waals surface area contributed by atoms with Gasteiger partial charge in [0.05, 0.1) is 0 Å². The van der Waals surface area contributed by atoms with E-state index in [2.05, 4.69) is 0 Å². The van der Waals surface area contributed by atoms with Crippen molar-refractivity contribution in [3.63, 3.8) is 0 Å². The molecule has 0 aliphatic heterocycles. The monoisotopic (exact) mass is 281 g/mol. The molecule has 0 spiro atoms. The highest BCUT2D eigenvalue weighted by Crippen LogP contribution is 2.22. The minimum absolute atomic E-state index is 0.0284. The Labute approximate surface area is 115 Å². The van der Waals surface area contributed by atoms with Gasteiger partial charge in [-0.3, -0.25) is 0 Å². The van der Waals surface area contributed by atoms with Crippen LogP contribution in [0.25, 0.3) is 0 Å². The van der Waals surface area contributed by atoms with Crippen LogP contribution in [0.4, 0.5) is 13.2 Å². The lowest BCUT2D eigenvalue weighted by atomic mass is 10.1. The number of rotatable bonds is 4. The molecule has 0 unspecified atom stereocenters. The SMILES string of the molecule is C[C@@H](N)c1ccc(OCc2cc(F)ccc2F)c(F)c1. The lowest BCUT2D eigenvalue weighted by Crippen LogP contribution is -2.06. The van der Waals surface area contributed by atoms with Gasteiger partial charge in [-0.25, -0.2) is 13.2 Å². The summed E-state index contributed by atoms with van der Waals surface area (Å²) in [7, 11) is 0. The van der Waals surface area contributed by atoms with Crippen LogP contribution in [-0.4, -0.2) is 0 Å². The fourth-order valence-corrected chi connectivity index (χ4v) is 1.73. The summed E-state index contributed by atoms with van der Waals surface area (Å²) in [5.41, 5.74) is 6.30. The summed E-state index contributed by atoms with van der Waals surface area (Å²) in [5.74, 6) is -1.79. The van der Waals surface area contributed by atoms with E-state index in [1.807, 2.05) is 0 Å². The fraction of sp³-hybridized carbons (Fsp3) is 0.200. The van der Waals surface area contributed by atoms with Crippen molar-refractivity contribution < 1.29 is 17.9 Å². The minimum atomic E-state index is -0.598. The molecule has 5 heteroatoms. The molecule has 106 valence electrons. The Bertz CT molecular complexity index is 614. The maximum atomic E-state index is 13.7. The molecule has 0 amide bonds. The summed E-state index contributed by atoms with van der Waals surface area (Å²) in [6, 6.07) is 7.06. The Morgan fingerprint density at radius 3 is 2.45 bits per heavy atom. The van der Waals surface area contributed by atoms with E-state index < -0.39 is 17.5 Å². The first-order valence-corrected chi connectivity index (χ1v) is 6.09. The van der Waals surface area contributed by atoms with E-state index in [1.165, 1.54) is 12.1 Å². The molecule has 0 saturated carbocycles. The molecular weight excluding hydrogens is 267 g/mol. The van der Waals surface area contributed by atoms with Crippen molar-refractivity contribution in [2.75, 3.05) is 0 Å². The topological polar surface area (TPSA) is 35.2 Å². The van der Waals surface area contributed by atoms with Crippen LogP contribution in [0, 0.1) is 17.5 Å². The van der Waals surface area contributed by atoms with Crippen molar-refractivity contribution in [1.82, 2.24) is 0 Å². The molecule has 0 fully saturated rings. The Balaban J connectivity index is 2.13. The molecule has 2 aromatic carbocycles. The average Bonchev–Trinajstić information content (AvgIpc) is 2.40.